The Morgan fingerprint density at radius 1 is 0.464 bits per heavy atom. The van der Waals surface area contributed by atoms with Crippen LogP contribution in [-0.2, 0) is 21.7 Å². The maximum absolute atomic E-state index is 4.41. The van der Waals surface area contributed by atoms with Gasteiger partial charge < -0.3 is 0 Å². The predicted molar refractivity (Wildman–Crippen MR) is 306 cm³/mol. The van der Waals surface area contributed by atoms with Crippen LogP contribution in [0.3, 0.4) is 0 Å². The number of allylic oxidation sites excluding steroid dienone is 19. The molecular formula is C67H64S2. The topological polar surface area (TPSA) is 0 Å². The Morgan fingerprint density at radius 3 is 1.51 bits per heavy atom. The van der Waals surface area contributed by atoms with Gasteiger partial charge in [-0.05, 0) is 157 Å². The average Bonchev–Trinajstić information content (AvgIpc) is 4.10. The van der Waals surface area contributed by atoms with Gasteiger partial charge in [0.15, 0.2) is 0 Å². The van der Waals surface area contributed by atoms with Crippen LogP contribution in [0.5, 0.6) is 0 Å². The number of hydrogen-bond acceptors (Lipinski definition) is 2. The number of rotatable bonds is 12. The van der Waals surface area contributed by atoms with Crippen molar-refractivity contribution >= 4 is 43.2 Å². The molecule has 6 aromatic rings. The maximum Gasteiger partial charge on any atom is 0.0463 e. The normalized spacial score (nSPS) is 17.9. The molecule has 0 atom stereocenters. The molecule has 0 saturated heterocycles. The van der Waals surface area contributed by atoms with Crippen LogP contribution < -0.4 is 0 Å². The number of hydrogen-bond donors (Lipinski definition) is 0. The molecule has 4 aliphatic rings. The number of thiophene rings is 2. The Kier molecular flexibility index (Phi) is 11.4. The second-order valence-corrected chi connectivity index (χ2v) is 23.5. The molecule has 2 aromatic heterocycles. The Morgan fingerprint density at radius 2 is 0.971 bits per heavy atom. The first-order valence-corrected chi connectivity index (χ1v) is 26.2. The summed E-state index contributed by atoms with van der Waals surface area (Å²) in [5, 5.41) is 0. The van der Waals surface area contributed by atoms with Crippen molar-refractivity contribution < 1.29 is 0 Å². The van der Waals surface area contributed by atoms with Crippen LogP contribution >= 0.6 is 22.7 Å². The molecule has 0 spiro atoms. The zero-order chi connectivity index (χ0) is 48.8. The average molecular weight is 933 g/mol. The summed E-state index contributed by atoms with van der Waals surface area (Å²) in [7, 11) is 0. The molecule has 4 aromatic carbocycles. The molecule has 0 saturated carbocycles. The van der Waals surface area contributed by atoms with Crippen LogP contribution in [-0.4, -0.2) is 0 Å². The molecule has 0 unspecified atom stereocenters. The van der Waals surface area contributed by atoms with E-state index >= 15 is 0 Å². The van der Waals surface area contributed by atoms with E-state index in [0.29, 0.717) is 0 Å². The molecule has 344 valence electrons. The maximum atomic E-state index is 4.41. The van der Waals surface area contributed by atoms with Gasteiger partial charge in [0.05, 0.1) is 0 Å². The van der Waals surface area contributed by atoms with E-state index in [4.69, 9.17) is 0 Å². The van der Waals surface area contributed by atoms with E-state index < -0.39 is 0 Å². The molecule has 10 rings (SSSR count). The number of benzene rings is 4. The summed E-state index contributed by atoms with van der Waals surface area (Å²) >= 11 is 3.84. The quantitative estimate of drug-likeness (QED) is 0.107. The lowest BCUT2D eigenvalue weighted by Crippen LogP contribution is -2.20. The number of fused-ring (bicyclic) bond motifs is 9. The van der Waals surface area contributed by atoms with Gasteiger partial charge in [-0.3, -0.25) is 0 Å². The van der Waals surface area contributed by atoms with Crippen LogP contribution in [0.25, 0.3) is 63.7 Å². The molecule has 4 aliphatic carbocycles. The van der Waals surface area contributed by atoms with Crippen molar-refractivity contribution in [3.63, 3.8) is 0 Å². The Balaban J connectivity index is 0.964. The first kappa shape index (κ1) is 46.4. The highest BCUT2D eigenvalue weighted by Crippen LogP contribution is 2.58. The molecule has 2 heterocycles. The van der Waals surface area contributed by atoms with Crippen LogP contribution in [0, 0.1) is 0 Å². The molecule has 0 bridgehead atoms. The molecule has 0 fully saturated rings. The summed E-state index contributed by atoms with van der Waals surface area (Å²) < 4.78 is 2.70. The standard InChI is InChI=1S/C67H64S2/c1-14-18-21-23-26-45-49-36-51-47-31-29-43(34-55(47)66(10,11)58(51)37-56(49)64(6,7)52(45)27-22-19-15-2)61-40-63-62(69-61)39-60(68-63)42-28-30-46-50-35-48-44(24-17-4)53(32-41(5)25-20-16-3)65(8,9)57(48)38-59(50)67(12,13)54(46)33-42/h14-31,33-40H,1,3,5,32H2,2,4,6-13H3/b19-15-,21-18+,24-17-,25-20-,26-23+,27-22-. The SMILES string of the molecule is C=C/C=C\C(=C)CC1=C(/C=C\C)c2cc3c(cc2C1(C)C)C(C)(C)c1cc(-c2cc4sc(-c5ccc6c(c5)C(C)(C)c5cc7c(cc5-6)C(/C=C/C=C/C=C)=C(/C=C\C=C/C)C7(C)C)cc4s2)ccc1-3. The summed E-state index contributed by atoms with van der Waals surface area (Å²) in [5.41, 5.74) is 25.2. The van der Waals surface area contributed by atoms with Crippen LogP contribution in [0.4, 0.5) is 0 Å². The van der Waals surface area contributed by atoms with E-state index in [2.05, 4.69) is 223 Å². The van der Waals surface area contributed by atoms with Gasteiger partial charge in [-0.25, -0.2) is 0 Å². The van der Waals surface area contributed by atoms with Crippen molar-refractivity contribution in [2.24, 2.45) is 0 Å². The fourth-order valence-electron chi connectivity index (χ4n) is 12.0. The minimum Gasteiger partial charge on any atom is -0.134 e. The van der Waals surface area contributed by atoms with Gasteiger partial charge >= 0.3 is 0 Å². The molecule has 0 nitrogen and oxygen atoms in total. The second-order valence-electron chi connectivity index (χ2n) is 21.4. The predicted octanol–water partition coefficient (Wildman–Crippen LogP) is 19.7. The lowest BCUT2D eigenvalue weighted by Gasteiger charge is -2.28. The van der Waals surface area contributed by atoms with Crippen LogP contribution in [0.15, 0.2) is 194 Å². The van der Waals surface area contributed by atoms with Gasteiger partial charge in [0.25, 0.3) is 0 Å². The third-order valence-electron chi connectivity index (χ3n) is 15.8. The zero-order valence-corrected chi connectivity index (χ0v) is 43.8. The Hall–Kier alpha value is -6.32. The van der Waals surface area contributed by atoms with Crippen LogP contribution in [0.2, 0.25) is 0 Å². The van der Waals surface area contributed by atoms with E-state index in [1.54, 1.807) is 0 Å². The Labute approximate surface area is 420 Å². The summed E-state index contributed by atoms with van der Waals surface area (Å²) in [5.74, 6) is 0. The summed E-state index contributed by atoms with van der Waals surface area (Å²) in [6, 6.07) is 29.4. The van der Waals surface area contributed by atoms with Gasteiger partial charge in [-0.2, -0.15) is 0 Å². The van der Waals surface area contributed by atoms with Gasteiger partial charge in [0.1, 0.15) is 0 Å². The highest BCUT2D eigenvalue weighted by Gasteiger charge is 2.44. The van der Waals surface area contributed by atoms with E-state index in [9.17, 15) is 0 Å². The molecule has 69 heavy (non-hydrogen) atoms. The van der Waals surface area contributed by atoms with Crippen molar-refractivity contribution in [2.75, 3.05) is 0 Å². The lowest BCUT2D eigenvalue weighted by atomic mass is 9.75. The summed E-state index contributed by atoms with van der Waals surface area (Å²) in [6.45, 7) is 35.5. The van der Waals surface area contributed by atoms with Gasteiger partial charge in [-0.1, -0.05) is 202 Å². The smallest absolute Gasteiger partial charge is 0.0463 e. The minimum absolute atomic E-state index is 0.113. The largest absolute Gasteiger partial charge is 0.134 e. The minimum atomic E-state index is -0.139. The summed E-state index contributed by atoms with van der Waals surface area (Å²) in [6.07, 6.45) is 30.2. The van der Waals surface area contributed by atoms with Crippen LogP contribution in [0.1, 0.15) is 120 Å². The monoisotopic (exact) mass is 932 g/mol. The van der Waals surface area contributed by atoms with Gasteiger partial charge in [0.2, 0.25) is 0 Å². The fraction of sp³-hybridized carbons (Fsp3) is 0.224. The van der Waals surface area contributed by atoms with Crippen molar-refractivity contribution in [2.45, 2.75) is 97.3 Å². The molecule has 0 N–H and O–H groups in total. The molecular weight excluding hydrogens is 869 g/mol. The third kappa shape index (κ3) is 7.28. The molecule has 0 radical (unpaired) electrons. The van der Waals surface area contributed by atoms with Gasteiger partial charge in [-0.15, -0.1) is 22.7 Å². The van der Waals surface area contributed by atoms with E-state index in [1.165, 1.54) is 119 Å². The zero-order valence-electron chi connectivity index (χ0n) is 42.2. The highest BCUT2D eigenvalue weighted by molar-refractivity contribution is 7.31. The molecule has 2 heteroatoms. The van der Waals surface area contributed by atoms with E-state index in [-0.39, 0.29) is 21.7 Å². The fourth-order valence-corrected chi connectivity index (χ4v) is 14.3. The van der Waals surface area contributed by atoms with Gasteiger partial charge in [0, 0.05) is 40.8 Å². The van der Waals surface area contributed by atoms with Crippen molar-refractivity contribution in [3.05, 3.63) is 239 Å². The van der Waals surface area contributed by atoms with E-state index in [1.807, 2.05) is 47.0 Å². The van der Waals surface area contributed by atoms with Crippen molar-refractivity contribution in [1.29, 1.82) is 0 Å². The highest BCUT2D eigenvalue weighted by atomic mass is 32.1. The third-order valence-corrected chi connectivity index (χ3v) is 18.2. The first-order valence-electron chi connectivity index (χ1n) is 24.5. The molecule has 0 amide bonds. The summed E-state index contributed by atoms with van der Waals surface area (Å²) in [4.78, 5) is 2.66. The van der Waals surface area contributed by atoms with E-state index in [0.717, 1.165) is 12.0 Å². The first-order chi connectivity index (χ1) is 33.0. The van der Waals surface area contributed by atoms with Crippen molar-refractivity contribution in [3.8, 4) is 43.1 Å². The lowest BCUT2D eigenvalue weighted by molar-refractivity contribution is 0.614. The molecule has 0 aliphatic heterocycles. The van der Waals surface area contributed by atoms with Crippen molar-refractivity contribution in [1.82, 2.24) is 0 Å². The second kappa shape index (κ2) is 17.0. The Bertz CT molecular complexity index is 3430.